The molecule has 2 amide bonds. The number of amides is 2. The minimum Gasteiger partial charge on any atom is -0.310 e. The first-order chi connectivity index (χ1) is 17.3. The normalized spacial score (nSPS) is 18.8. The predicted molar refractivity (Wildman–Crippen MR) is 139 cm³/mol. The van der Waals surface area contributed by atoms with Crippen molar-refractivity contribution >= 4 is 11.7 Å². The molecule has 0 spiro atoms. The molecule has 0 N–H and O–H groups in total. The molecule has 5 nitrogen and oxygen atoms in total. The van der Waals surface area contributed by atoms with Crippen molar-refractivity contribution in [3.8, 4) is 6.07 Å². The number of anilines is 1. The van der Waals surface area contributed by atoms with Crippen LogP contribution >= 0.6 is 0 Å². The Balaban J connectivity index is 1.43. The zero-order chi connectivity index (χ0) is 24.0. The molecule has 1 fully saturated rings. The third-order valence-corrected chi connectivity index (χ3v) is 7.24. The van der Waals surface area contributed by atoms with Crippen molar-refractivity contribution in [3.63, 3.8) is 0 Å². The molecule has 2 aliphatic rings. The van der Waals surface area contributed by atoms with Gasteiger partial charge in [-0.1, -0.05) is 78.9 Å². The predicted octanol–water partition coefficient (Wildman–Crippen LogP) is 5.99. The second-order valence-electron chi connectivity index (χ2n) is 9.47. The molecule has 0 bridgehead atoms. The number of para-hydroxylation sites is 1. The highest BCUT2D eigenvalue weighted by atomic mass is 16.2. The van der Waals surface area contributed by atoms with Crippen LogP contribution in [0, 0.1) is 11.3 Å². The third kappa shape index (κ3) is 4.94. The number of urea groups is 1. The molecule has 1 saturated heterocycles. The summed E-state index contributed by atoms with van der Waals surface area (Å²) in [7, 11) is 0. The summed E-state index contributed by atoms with van der Waals surface area (Å²) in [5.74, 6) is 0. The van der Waals surface area contributed by atoms with Gasteiger partial charge in [-0.25, -0.2) is 4.79 Å². The van der Waals surface area contributed by atoms with Crippen LogP contribution in [0.5, 0.6) is 0 Å². The highest BCUT2D eigenvalue weighted by Crippen LogP contribution is 2.43. The molecule has 3 aromatic rings. The zero-order valence-corrected chi connectivity index (χ0v) is 20.1. The Kier molecular flexibility index (Phi) is 7.11. The zero-order valence-electron chi connectivity index (χ0n) is 20.1. The van der Waals surface area contributed by atoms with Crippen LogP contribution in [-0.4, -0.2) is 41.5 Å². The molecule has 2 heterocycles. The number of carbonyl (C=O) groups is 1. The quantitative estimate of drug-likeness (QED) is 0.404. The maximum atomic E-state index is 14.1. The van der Waals surface area contributed by atoms with E-state index in [4.69, 9.17) is 5.26 Å². The Morgan fingerprint density at radius 1 is 0.857 bits per heavy atom. The fourth-order valence-corrected chi connectivity index (χ4v) is 5.54. The first kappa shape index (κ1) is 23.1. The van der Waals surface area contributed by atoms with Gasteiger partial charge in [-0.15, -0.1) is 0 Å². The number of nitrogens with zero attached hydrogens (tertiary/aromatic N) is 4. The minimum atomic E-state index is -0.0993. The van der Waals surface area contributed by atoms with Gasteiger partial charge in [0, 0.05) is 44.2 Å². The first-order valence-electron chi connectivity index (χ1n) is 12.6. The van der Waals surface area contributed by atoms with E-state index < -0.39 is 0 Å². The van der Waals surface area contributed by atoms with Gasteiger partial charge in [-0.3, -0.25) is 9.80 Å². The van der Waals surface area contributed by atoms with E-state index in [1.54, 1.807) is 0 Å². The number of nitriles is 1. The molecule has 1 unspecified atom stereocenters. The smallest absolute Gasteiger partial charge is 0.310 e. The summed E-state index contributed by atoms with van der Waals surface area (Å²) >= 11 is 0. The summed E-state index contributed by atoms with van der Waals surface area (Å²) in [5, 5.41) is 9.07. The molecule has 5 heteroatoms. The number of carbonyl (C=O) groups excluding carboxylic acids is 1. The average molecular weight is 465 g/mol. The van der Waals surface area contributed by atoms with Crippen molar-refractivity contribution in [2.75, 3.05) is 24.5 Å². The Morgan fingerprint density at radius 3 is 2.23 bits per heavy atom. The third-order valence-electron chi connectivity index (χ3n) is 7.24. The lowest BCUT2D eigenvalue weighted by atomic mass is 9.89. The van der Waals surface area contributed by atoms with Gasteiger partial charge in [0.1, 0.15) is 0 Å². The van der Waals surface area contributed by atoms with Crippen molar-refractivity contribution in [1.82, 2.24) is 9.80 Å². The van der Waals surface area contributed by atoms with E-state index in [-0.39, 0.29) is 18.1 Å². The Bertz CT molecular complexity index is 1170. The van der Waals surface area contributed by atoms with Crippen LogP contribution in [0.3, 0.4) is 0 Å². The molecule has 1 atom stereocenters. The van der Waals surface area contributed by atoms with Crippen LogP contribution in [0.15, 0.2) is 84.9 Å². The monoisotopic (exact) mass is 464 g/mol. The molecule has 5 rings (SSSR count). The van der Waals surface area contributed by atoms with Crippen LogP contribution in [0.4, 0.5) is 10.5 Å². The number of hydrogen-bond acceptors (Lipinski definition) is 3. The summed E-state index contributed by atoms with van der Waals surface area (Å²) in [4.78, 5) is 20.6. The lowest BCUT2D eigenvalue weighted by Crippen LogP contribution is -2.56. The van der Waals surface area contributed by atoms with Crippen LogP contribution in [0.25, 0.3) is 0 Å². The first-order valence-corrected chi connectivity index (χ1v) is 12.6. The summed E-state index contributed by atoms with van der Waals surface area (Å²) in [6, 6.07) is 31.7. The Hall–Kier alpha value is -3.62. The van der Waals surface area contributed by atoms with Crippen LogP contribution in [0.2, 0.25) is 0 Å². The van der Waals surface area contributed by atoms with Gasteiger partial charge in [0.15, 0.2) is 0 Å². The van der Waals surface area contributed by atoms with Gasteiger partial charge in [0.25, 0.3) is 0 Å². The lowest BCUT2D eigenvalue weighted by Gasteiger charge is -2.48. The number of unbranched alkanes of at least 4 members (excludes halogenated alkanes) is 1. The number of fused-ring (bicyclic) bond motifs is 1. The fraction of sp³-hybridized carbons (Fsp3) is 0.333. The maximum Gasteiger partial charge on any atom is 0.325 e. The van der Waals surface area contributed by atoms with E-state index in [1.807, 2.05) is 17.0 Å². The highest BCUT2D eigenvalue weighted by molar-refractivity contribution is 5.96. The standard InChI is InChI=1S/C30H32N4O/c31-19-9-10-20-33-28-16-8-7-15-27(28)29(25-13-5-2-6-14-25)34(30(33)35)26-17-21-32(22-18-26)23-24-11-3-1-4-12-24/h1-8,11-16,26,29H,9-10,17-18,20-23H2. The van der Waals surface area contributed by atoms with Crippen molar-refractivity contribution in [3.05, 3.63) is 102 Å². The number of likely N-dealkylation sites (tertiary alicyclic amines) is 1. The second-order valence-corrected chi connectivity index (χ2v) is 9.47. The number of hydrogen-bond donors (Lipinski definition) is 0. The van der Waals surface area contributed by atoms with Crippen molar-refractivity contribution in [1.29, 1.82) is 5.26 Å². The van der Waals surface area contributed by atoms with Gasteiger partial charge in [0.05, 0.1) is 17.8 Å². The SMILES string of the molecule is N#CCCCN1C(=O)N(C2CCN(Cc3ccccc3)CC2)C(c2ccccc2)c2ccccc21. The number of piperidine rings is 1. The van der Waals surface area contributed by atoms with Gasteiger partial charge in [0.2, 0.25) is 0 Å². The molecule has 0 saturated carbocycles. The van der Waals surface area contributed by atoms with E-state index in [0.29, 0.717) is 19.4 Å². The Labute approximate surface area is 208 Å². The topological polar surface area (TPSA) is 50.6 Å². The largest absolute Gasteiger partial charge is 0.325 e. The summed E-state index contributed by atoms with van der Waals surface area (Å²) in [6.45, 7) is 3.46. The molecular formula is C30H32N4O. The lowest BCUT2D eigenvalue weighted by molar-refractivity contribution is 0.101. The van der Waals surface area contributed by atoms with E-state index in [2.05, 4.69) is 88.7 Å². The molecule has 2 aliphatic heterocycles. The molecule has 0 aromatic heterocycles. The van der Waals surface area contributed by atoms with Gasteiger partial charge >= 0.3 is 6.03 Å². The summed E-state index contributed by atoms with van der Waals surface area (Å²) < 4.78 is 0. The summed E-state index contributed by atoms with van der Waals surface area (Å²) in [5.41, 5.74) is 4.63. The van der Waals surface area contributed by atoms with E-state index >= 15 is 0 Å². The fourth-order valence-electron chi connectivity index (χ4n) is 5.54. The van der Waals surface area contributed by atoms with Crippen molar-refractivity contribution < 1.29 is 4.79 Å². The van der Waals surface area contributed by atoms with Crippen molar-refractivity contribution in [2.45, 2.75) is 44.3 Å². The van der Waals surface area contributed by atoms with Gasteiger partial charge in [-0.2, -0.15) is 5.26 Å². The van der Waals surface area contributed by atoms with Gasteiger partial charge in [-0.05, 0) is 36.5 Å². The van der Waals surface area contributed by atoms with Crippen LogP contribution < -0.4 is 4.90 Å². The molecule has 0 aliphatic carbocycles. The van der Waals surface area contributed by atoms with Crippen molar-refractivity contribution in [2.24, 2.45) is 0 Å². The van der Waals surface area contributed by atoms with E-state index in [9.17, 15) is 4.79 Å². The van der Waals surface area contributed by atoms with E-state index in [0.717, 1.165) is 43.7 Å². The van der Waals surface area contributed by atoms with E-state index in [1.165, 1.54) is 11.1 Å². The molecular weight excluding hydrogens is 432 g/mol. The second kappa shape index (κ2) is 10.8. The molecule has 35 heavy (non-hydrogen) atoms. The molecule has 178 valence electrons. The number of benzene rings is 3. The van der Waals surface area contributed by atoms with Crippen LogP contribution in [-0.2, 0) is 6.54 Å². The molecule has 3 aromatic carbocycles. The average Bonchev–Trinajstić information content (AvgIpc) is 2.91. The van der Waals surface area contributed by atoms with Gasteiger partial charge < -0.3 is 4.90 Å². The molecule has 0 radical (unpaired) electrons. The Morgan fingerprint density at radius 2 is 1.51 bits per heavy atom. The number of rotatable bonds is 7. The summed E-state index contributed by atoms with van der Waals surface area (Å²) in [6.07, 6.45) is 3.04. The minimum absolute atomic E-state index is 0.0667. The van der Waals surface area contributed by atoms with Crippen LogP contribution in [0.1, 0.15) is 48.4 Å². The highest BCUT2D eigenvalue weighted by Gasteiger charge is 2.42. The maximum absolute atomic E-state index is 14.1.